The molecule has 1 atom stereocenters. The number of nitrogens with one attached hydrogen (secondary N) is 1. The molecule has 1 aliphatic heterocycles. The van der Waals surface area contributed by atoms with Crippen molar-refractivity contribution in [2.24, 2.45) is 11.8 Å². The number of amides is 5. The van der Waals surface area contributed by atoms with Gasteiger partial charge in [-0.3, -0.25) is 24.6 Å². The van der Waals surface area contributed by atoms with Crippen molar-refractivity contribution < 1.29 is 19.2 Å². The van der Waals surface area contributed by atoms with Gasteiger partial charge in [0.1, 0.15) is 12.5 Å². The van der Waals surface area contributed by atoms with Gasteiger partial charge in [-0.15, -0.1) is 0 Å². The molecule has 1 N–H and O–H groups in total. The Morgan fingerprint density at radius 1 is 1.25 bits per heavy atom. The minimum Gasteiger partial charge on any atom is -0.347 e. The van der Waals surface area contributed by atoms with Gasteiger partial charge >= 0.3 is 6.03 Å². The number of carbonyl (C=O) groups excluding carboxylic acids is 4. The van der Waals surface area contributed by atoms with Crippen LogP contribution in [0.2, 0.25) is 0 Å². The van der Waals surface area contributed by atoms with E-state index in [9.17, 15) is 19.2 Å². The number of barbiturate groups is 1. The van der Waals surface area contributed by atoms with Crippen molar-refractivity contribution in [2.75, 3.05) is 20.6 Å². The second-order valence-electron chi connectivity index (χ2n) is 5.53. The third-order valence-electron chi connectivity index (χ3n) is 3.95. The highest BCUT2D eigenvalue weighted by Crippen LogP contribution is 2.33. The van der Waals surface area contributed by atoms with Crippen LogP contribution in [0.4, 0.5) is 4.79 Å². The fourth-order valence-electron chi connectivity index (χ4n) is 2.76. The minimum absolute atomic E-state index is 0.0208. The maximum atomic E-state index is 12.4. The zero-order valence-electron chi connectivity index (χ0n) is 11.7. The number of imide groups is 2. The summed E-state index contributed by atoms with van der Waals surface area (Å²) in [6.45, 7) is -0.325. The Morgan fingerprint density at radius 2 is 1.85 bits per heavy atom. The monoisotopic (exact) mass is 281 g/mol. The number of likely N-dealkylation sites (N-methyl/N-ethyl adjacent to an activating group) is 1. The first-order chi connectivity index (χ1) is 9.41. The molecule has 20 heavy (non-hydrogen) atoms. The molecule has 0 aromatic heterocycles. The van der Waals surface area contributed by atoms with Gasteiger partial charge in [0.15, 0.2) is 0 Å². The maximum Gasteiger partial charge on any atom is 0.331 e. The molecular formula is C13H19N3O4. The summed E-state index contributed by atoms with van der Waals surface area (Å²) in [7, 11) is 3.10. The fourth-order valence-corrected chi connectivity index (χ4v) is 2.76. The molecule has 1 heterocycles. The van der Waals surface area contributed by atoms with Crippen LogP contribution in [0.3, 0.4) is 0 Å². The molecule has 110 valence electrons. The Labute approximate surface area is 117 Å². The Hall–Kier alpha value is -1.92. The van der Waals surface area contributed by atoms with Crippen LogP contribution in [0.1, 0.15) is 25.7 Å². The molecule has 2 aliphatic rings. The lowest BCUT2D eigenvalue weighted by Gasteiger charge is -2.32. The molecule has 1 saturated carbocycles. The summed E-state index contributed by atoms with van der Waals surface area (Å²) in [5.41, 5.74) is 0. The molecule has 1 unspecified atom stereocenters. The molecular weight excluding hydrogens is 262 g/mol. The predicted molar refractivity (Wildman–Crippen MR) is 69.4 cm³/mol. The van der Waals surface area contributed by atoms with E-state index in [1.54, 1.807) is 14.1 Å². The number of urea groups is 1. The topological polar surface area (TPSA) is 86.8 Å². The molecule has 2 fully saturated rings. The first-order valence-corrected chi connectivity index (χ1v) is 6.78. The van der Waals surface area contributed by atoms with Gasteiger partial charge in [0.2, 0.25) is 17.7 Å². The normalized spacial score (nSPS) is 24.0. The summed E-state index contributed by atoms with van der Waals surface area (Å²) in [6.07, 6.45) is 3.61. The average molecular weight is 281 g/mol. The van der Waals surface area contributed by atoms with Crippen LogP contribution >= 0.6 is 0 Å². The second kappa shape index (κ2) is 5.60. The lowest BCUT2D eigenvalue weighted by molar-refractivity contribution is -0.148. The van der Waals surface area contributed by atoms with Crippen LogP contribution in [0.15, 0.2) is 0 Å². The van der Waals surface area contributed by atoms with E-state index in [2.05, 4.69) is 5.32 Å². The number of hydrogen-bond acceptors (Lipinski definition) is 4. The summed E-state index contributed by atoms with van der Waals surface area (Å²) in [6, 6.07) is -0.801. The van der Waals surface area contributed by atoms with Crippen LogP contribution in [0.5, 0.6) is 0 Å². The van der Waals surface area contributed by atoms with Gasteiger partial charge in [0, 0.05) is 14.1 Å². The van der Waals surface area contributed by atoms with Crippen LogP contribution in [0.25, 0.3) is 0 Å². The van der Waals surface area contributed by atoms with Crippen molar-refractivity contribution >= 4 is 23.8 Å². The second-order valence-corrected chi connectivity index (χ2v) is 5.53. The lowest BCUT2D eigenvalue weighted by atomic mass is 9.87. The SMILES string of the molecule is CN(C)C(=O)CN1C(=O)NC(=O)C(C2CCCC2)C1=O. The quantitative estimate of drug-likeness (QED) is 0.735. The highest BCUT2D eigenvalue weighted by atomic mass is 16.2. The molecule has 2 rings (SSSR count). The summed E-state index contributed by atoms with van der Waals surface area (Å²) >= 11 is 0. The highest BCUT2D eigenvalue weighted by Gasteiger charge is 2.45. The third-order valence-corrected chi connectivity index (χ3v) is 3.95. The van der Waals surface area contributed by atoms with Crippen molar-refractivity contribution in [3.05, 3.63) is 0 Å². The van der Waals surface area contributed by atoms with Crippen molar-refractivity contribution in [1.82, 2.24) is 15.1 Å². The van der Waals surface area contributed by atoms with Crippen LogP contribution < -0.4 is 5.32 Å². The number of nitrogens with zero attached hydrogens (tertiary/aromatic N) is 2. The van der Waals surface area contributed by atoms with Crippen molar-refractivity contribution in [3.63, 3.8) is 0 Å². The van der Waals surface area contributed by atoms with E-state index in [0.29, 0.717) is 0 Å². The van der Waals surface area contributed by atoms with Crippen LogP contribution in [-0.4, -0.2) is 54.2 Å². The van der Waals surface area contributed by atoms with Gasteiger partial charge < -0.3 is 4.90 Å². The smallest absolute Gasteiger partial charge is 0.331 e. The number of rotatable bonds is 3. The van der Waals surface area contributed by atoms with Gasteiger partial charge in [0.25, 0.3) is 0 Å². The summed E-state index contributed by atoms with van der Waals surface area (Å²) in [5.74, 6) is -2.27. The fraction of sp³-hybridized carbons (Fsp3) is 0.692. The first kappa shape index (κ1) is 14.5. The van der Waals surface area contributed by atoms with Crippen molar-refractivity contribution in [3.8, 4) is 0 Å². The van der Waals surface area contributed by atoms with E-state index in [4.69, 9.17) is 0 Å². The highest BCUT2D eigenvalue weighted by molar-refractivity contribution is 6.17. The Bertz CT molecular complexity index is 455. The van der Waals surface area contributed by atoms with E-state index in [0.717, 1.165) is 30.6 Å². The van der Waals surface area contributed by atoms with Crippen molar-refractivity contribution in [2.45, 2.75) is 25.7 Å². The third kappa shape index (κ3) is 2.66. The average Bonchev–Trinajstić information content (AvgIpc) is 2.87. The van der Waals surface area contributed by atoms with E-state index >= 15 is 0 Å². The largest absolute Gasteiger partial charge is 0.347 e. The molecule has 5 amide bonds. The molecule has 1 aliphatic carbocycles. The Balaban J connectivity index is 2.15. The maximum absolute atomic E-state index is 12.4. The van der Waals surface area contributed by atoms with Crippen LogP contribution in [-0.2, 0) is 14.4 Å². The van der Waals surface area contributed by atoms with Crippen molar-refractivity contribution in [1.29, 1.82) is 0 Å². The molecule has 7 nitrogen and oxygen atoms in total. The van der Waals surface area contributed by atoms with E-state index < -0.39 is 23.8 Å². The van der Waals surface area contributed by atoms with Gasteiger partial charge in [-0.05, 0) is 18.8 Å². The summed E-state index contributed by atoms with van der Waals surface area (Å²) < 4.78 is 0. The van der Waals surface area contributed by atoms with Gasteiger partial charge in [-0.2, -0.15) is 0 Å². The standard InChI is InChI=1S/C13H19N3O4/c1-15(2)9(17)7-16-12(19)10(8-5-3-4-6-8)11(18)14-13(16)20/h8,10H,3-7H2,1-2H3,(H,14,18,20). The molecule has 1 saturated heterocycles. The minimum atomic E-state index is -0.829. The lowest BCUT2D eigenvalue weighted by Crippen LogP contribution is -2.61. The number of carbonyl (C=O) groups is 4. The van der Waals surface area contributed by atoms with E-state index in [1.165, 1.54) is 4.90 Å². The number of hydrogen-bond donors (Lipinski definition) is 1. The Morgan fingerprint density at radius 3 is 2.40 bits per heavy atom. The molecule has 0 bridgehead atoms. The van der Waals surface area contributed by atoms with Gasteiger partial charge in [-0.1, -0.05) is 12.8 Å². The summed E-state index contributed by atoms with van der Waals surface area (Å²) in [4.78, 5) is 49.8. The van der Waals surface area contributed by atoms with Crippen LogP contribution in [0, 0.1) is 11.8 Å². The Kier molecular flexibility index (Phi) is 4.06. The van der Waals surface area contributed by atoms with E-state index in [-0.39, 0.29) is 18.4 Å². The molecule has 0 aromatic rings. The van der Waals surface area contributed by atoms with Gasteiger partial charge in [-0.25, -0.2) is 4.79 Å². The zero-order valence-corrected chi connectivity index (χ0v) is 11.7. The van der Waals surface area contributed by atoms with Gasteiger partial charge in [0.05, 0.1) is 0 Å². The van der Waals surface area contributed by atoms with E-state index in [1.807, 2.05) is 0 Å². The molecule has 7 heteroatoms. The molecule has 0 spiro atoms. The summed E-state index contributed by atoms with van der Waals surface area (Å²) in [5, 5.41) is 2.19. The zero-order chi connectivity index (χ0) is 14.9. The predicted octanol–water partition coefficient (Wildman–Crippen LogP) is -0.0406. The first-order valence-electron chi connectivity index (χ1n) is 6.78. The molecule has 0 aromatic carbocycles. The molecule has 0 radical (unpaired) electrons.